The number of methoxy groups -OCH3 is 1. The topological polar surface area (TPSA) is 75.7 Å². The molecular formula is C8H18N2O4S. The van der Waals surface area contributed by atoms with E-state index in [2.05, 4.69) is 9.46 Å². The summed E-state index contributed by atoms with van der Waals surface area (Å²) in [5, 5.41) is 0. The van der Waals surface area contributed by atoms with Crippen LogP contribution < -0.4 is 4.72 Å². The minimum atomic E-state index is -3.59. The third-order valence-corrected chi connectivity index (χ3v) is 3.45. The minimum Gasteiger partial charge on any atom is -0.468 e. The molecule has 0 fully saturated rings. The Balaban J connectivity index is 4.59. The van der Waals surface area contributed by atoms with E-state index in [-0.39, 0.29) is 19.1 Å². The number of carbonyl (C=O) groups excluding carboxylic acids is 1. The van der Waals surface area contributed by atoms with Crippen LogP contribution in [-0.4, -0.2) is 44.9 Å². The van der Waals surface area contributed by atoms with E-state index in [1.165, 1.54) is 7.11 Å². The molecule has 0 aromatic rings. The average molecular weight is 238 g/mol. The van der Waals surface area contributed by atoms with Gasteiger partial charge in [-0.05, 0) is 13.8 Å². The van der Waals surface area contributed by atoms with Gasteiger partial charge in [-0.3, -0.25) is 4.79 Å². The Bertz CT molecular complexity index is 300. The van der Waals surface area contributed by atoms with Crippen molar-refractivity contribution in [1.82, 2.24) is 9.03 Å². The van der Waals surface area contributed by atoms with Gasteiger partial charge in [-0.15, -0.1) is 0 Å². The van der Waals surface area contributed by atoms with Gasteiger partial charge in [-0.25, -0.2) is 0 Å². The highest BCUT2D eigenvalue weighted by molar-refractivity contribution is 7.87. The Labute approximate surface area is 90.8 Å². The molecule has 0 aliphatic rings. The van der Waals surface area contributed by atoms with Crippen molar-refractivity contribution >= 4 is 16.2 Å². The van der Waals surface area contributed by atoms with Crippen LogP contribution in [0.4, 0.5) is 0 Å². The van der Waals surface area contributed by atoms with Crippen molar-refractivity contribution in [3.63, 3.8) is 0 Å². The van der Waals surface area contributed by atoms with Crippen LogP contribution in [0.2, 0.25) is 0 Å². The maximum Gasteiger partial charge on any atom is 0.321 e. The number of carbonyl (C=O) groups is 1. The van der Waals surface area contributed by atoms with Crippen LogP contribution in [-0.2, 0) is 19.7 Å². The van der Waals surface area contributed by atoms with E-state index in [0.29, 0.717) is 0 Å². The summed E-state index contributed by atoms with van der Waals surface area (Å²) in [5.41, 5.74) is 0. The summed E-state index contributed by atoms with van der Waals surface area (Å²) >= 11 is 0. The minimum absolute atomic E-state index is 0.207. The molecule has 0 saturated carbocycles. The second-order valence-corrected chi connectivity index (χ2v) is 4.98. The number of hydrogen-bond acceptors (Lipinski definition) is 4. The van der Waals surface area contributed by atoms with Crippen molar-refractivity contribution in [3.8, 4) is 0 Å². The monoisotopic (exact) mass is 238 g/mol. The number of nitrogens with zero attached hydrogens (tertiary/aromatic N) is 1. The van der Waals surface area contributed by atoms with E-state index < -0.39 is 16.2 Å². The second kappa shape index (κ2) is 6.04. The molecule has 0 amide bonds. The summed E-state index contributed by atoms with van der Waals surface area (Å²) in [4.78, 5) is 11.0. The van der Waals surface area contributed by atoms with Crippen LogP contribution in [0.1, 0.15) is 20.8 Å². The lowest BCUT2D eigenvalue weighted by Gasteiger charge is -2.20. The summed E-state index contributed by atoms with van der Waals surface area (Å²) < 4.78 is 31.1. The zero-order chi connectivity index (χ0) is 12.1. The first-order chi connectivity index (χ1) is 6.83. The fraction of sp³-hybridized carbons (Fsp3) is 0.875. The van der Waals surface area contributed by atoms with Gasteiger partial charge >= 0.3 is 5.97 Å². The Hall–Kier alpha value is -0.660. The van der Waals surface area contributed by atoms with Gasteiger partial charge in [0.05, 0.1) is 7.11 Å². The van der Waals surface area contributed by atoms with E-state index in [1.807, 2.05) is 0 Å². The Morgan fingerprint density at radius 3 is 2.33 bits per heavy atom. The molecule has 0 atom stereocenters. The van der Waals surface area contributed by atoms with Crippen molar-refractivity contribution in [1.29, 1.82) is 0 Å². The number of ether oxygens (including phenoxy) is 1. The number of nitrogens with one attached hydrogen (secondary N) is 1. The van der Waals surface area contributed by atoms with Gasteiger partial charge < -0.3 is 4.74 Å². The highest BCUT2D eigenvalue weighted by Gasteiger charge is 2.23. The highest BCUT2D eigenvalue weighted by atomic mass is 32.2. The second-order valence-electron chi connectivity index (χ2n) is 3.28. The molecule has 0 rings (SSSR count). The molecule has 0 aliphatic carbocycles. The Morgan fingerprint density at radius 2 is 2.00 bits per heavy atom. The molecule has 0 aromatic carbocycles. The predicted octanol–water partition coefficient (Wildman–Crippen LogP) is -0.276. The summed E-state index contributed by atoms with van der Waals surface area (Å²) in [6, 6.07) is -0.207. The van der Waals surface area contributed by atoms with Gasteiger partial charge in [0.1, 0.15) is 6.54 Å². The van der Waals surface area contributed by atoms with Crippen molar-refractivity contribution < 1.29 is 17.9 Å². The van der Waals surface area contributed by atoms with Crippen LogP contribution in [0, 0.1) is 0 Å². The molecule has 0 heterocycles. The molecule has 0 aliphatic heterocycles. The zero-order valence-electron chi connectivity index (χ0n) is 9.48. The highest BCUT2D eigenvalue weighted by Crippen LogP contribution is 1.99. The molecule has 0 radical (unpaired) electrons. The van der Waals surface area contributed by atoms with E-state index >= 15 is 0 Å². The first kappa shape index (κ1) is 14.3. The van der Waals surface area contributed by atoms with Crippen LogP contribution in [0.3, 0.4) is 0 Å². The summed E-state index contributed by atoms with van der Waals surface area (Å²) in [5.74, 6) is -0.578. The molecule has 0 aromatic heterocycles. The van der Waals surface area contributed by atoms with Crippen LogP contribution >= 0.6 is 0 Å². The van der Waals surface area contributed by atoms with Gasteiger partial charge in [-0.1, -0.05) is 6.92 Å². The van der Waals surface area contributed by atoms with E-state index in [4.69, 9.17) is 0 Å². The van der Waals surface area contributed by atoms with Gasteiger partial charge in [-0.2, -0.15) is 17.4 Å². The molecule has 0 saturated heterocycles. The summed E-state index contributed by atoms with van der Waals surface area (Å²) in [6.45, 7) is 5.03. The molecule has 0 spiro atoms. The lowest BCUT2D eigenvalue weighted by molar-refractivity contribution is -0.140. The van der Waals surface area contributed by atoms with Crippen LogP contribution in [0.5, 0.6) is 0 Å². The van der Waals surface area contributed by atoms with Crippen molar-refractivity contribution in [3.05, 3.63) is 0 Å². The van der Waals surface area contributed by atoms with E-state index in [9.17, 15) is 13.2 Å². The molecule has 6 nitrogen and oxygen atoms in total. The fourth-order valence-corrected chi connectivity index (χ4v) is 2.31. The Kier molecular flexibility index (Phi) is 5.77. The van der Waals surface area contributed by atoms with Crippen molar-refractivity contribution in [2.45, 2.75) is 26.8 Å². The SMILES string of the molecule is CCN(CC(=O)OC)S(=O)(=O)NC(C)C. The first-order valence-electron chi connectivity index (χ1n) is 4.67. The van der Waals surface area contributed by atoms with Gasteiger partial charge in [0.25, 0.3) is 10.2 Å². The number of hydrogen-bond donors (Lipinski definition) is 1. The number of esters is 1. The van der Waals surface area contributed by atoms with Crippen LogP contribution in [0.15, 0.2) is 0 Å². The van der Waals surface area contributed by atoms with Crippen molar-refractivity contribution in [2.75, 3.05) is 20.2 Å². The lowest BCUT2D eigenvalue weighted by atomic mass is 10.4. The molecule has 15 heavy (non-hydrogen) atoms. The van der Waals surface area contributed by atoms with Crippen LogP contribution in [0.25, 0.3) is 0 Å². The largest absolute Gasteiger partial charge is 0.468 e. The van der Waals surface area contributed by atoms with E-state index in [0.717, 1.165) is 4.31 Å². The number of rotatable bonds is 6. The summed E-state index contributed by atoms with van der Waals surface area (Å²) in [7, 11) is -2.37. The van der Waals surface area contributed by atoms with Crippen molar-refractivity contribution in [2.24, 2.45) is 0 Å². The third kappa shape index (κ3) is 5.10. The van der Waals surface area contributed by atoms with Gasteiger partial charge in [0, 0.05) is 12.6 Å². The number of likely N-dealkylation sites (N-methyl/N-ethyl adjacent to an activating group) is 1. The Morgan fingerprint density at radius 1 is 1.47 bits per heavy atom. The maximum atomic E-state index is 11.6. The summed E-state index contributed by atoms with van der Waals surface area (Å²) in [6.07, 6.45) is 0. The third-order valence-electron chi connectivity index (χ3n) is 1.61. The first-order valence-corrected chi connectivity index (χ1v) is 6.11. The predicted molar refractivity (Wildman–Crippen MR) is 56.5 cm³/mol. The molecule has 0 bridgehead atoms. The molecule has 1 N–H and O–H groups in total. The molecule has 0 unspecified atom stereocenters. The smallest absolute Gasteiger partial charge is 0.321 e. The standard InChI is InChI=1S/C8H18N2O4S/c1-5-10(6-8(11)14-4)15(12,13)9-7(2)3/h7,9H,5-6H2,1-4H3. The zero-order valence-corrected chi connectivity index (χ0v) is 10.3. The molecule has 7 heteroatoms. The lowest BCUT2D eigenvalue weighted by Crippen LogP contribution is -2.45. The van der Waals surface area contributed by atoms with E-state index in [1.54, 1.807) is 20.8 Å². The molecule has 90 valence electrons. The van der Waals surface area contributed by atoms with Gasteiger partial charge in [0.15, 0.2) is 0 Å². The maximum absolute atomic E-state index is 11.6. The normalized spacial score (nSPS) is 12.1. The average Bonchev–Trinajstić information content (AvgIpc) is 2.11. The quantitative estimate of drug-likeness (QED) is 0.646. The fourth-order valence-electron chi connectivity index (χ4n) is 0.948. The molecular weight excluding hydrogens is 220 g/mol. The van der Waals surface area contributed by atoms with Gasteiger partial charge in [0.2, 0.25) is 0 Å².